The van der Waals surface area contributed by atoms with Crippen molar-refractivity contribution in [1.82, 2.24) is 10.3 Å². The summed E-state index contributed by atoms with van der Waals surface area (Å²) in [5.41, 5.74) is -0.370. The Bertz CT molecular complexity index is 2830. The number of aromatic nitrogens is 1. The second-order valence-corrected chi connectivity index (χ2v) is 35.1. The molecular formula is C72H117N4O14S2Zn-. The number of carbonyl (C=O) groups excluding carboxylic acids is 5. The smallest absolute Gasteiger partial charge is 0.342 e. The fourth-order valence-electron chi connectivity index (χ4n) is 12.3. The van der Waals surface area contributed by atoms with Crippen LogP contribution in [0.25, 0.3) is 6.08 Å². The van der Waals surface area contributed by atoms with Crippen LogP contribution in [-0.4, -0.2) is 110 Å². The molecule has 1 aromatic heterocycles. The molecule has 2 heterocycles. The molecule has 3 aliphatic rings. The van der Waals surface area contributed by atoms with Gasteiger partial charge in [-0.15, -0.1) is 23.5 Å². The second kappa shape index (κ2) is 34.6. The van der Waals surface area contributed by atoms with Gasteiger partial charge in [0.1, 0.15) is 34.8 Å². The number of hydrogen-bond acceptors (Lipinski definition) is 14. The minimum atomic E-state index is -1.31. The fourth-order valence-corrected chi connectivity index (χ4v) is 14.2. The van der Waals surface area contributed by atoms with E-state index in [1.54, 1.807) is 26.8 Å². The van der Waals surface area contributed by atoms with Crippen LogP contribution in [-0.2, 0) is 67.3 Å². The second-order valence-electron chi connectivity index (χ2n) is 32.4. The SMILES string of the molecule is CCC(C)(C)C(=O)O.CCC(C)(C)C(=O)OCCCSC(C)C(=O)NC1=NC(=Cc2[n-]c(NC(=O)CCSC(CC(=O)O)C(=O)O)c(C(=O)OC3C(C(C)(C)C)CC(C)CC3C(C)(C)C)c2C(C)C)C(C(C)C)=C1C(=O)OC1C(C(C)(C)C)CC(C)CC1C(C)(C)C.[Zn]. The molecule has 6 unspecified atom stereocenters. The Hall–Kier alpha value is -4.49. The van der Waals surface area contributed by atoms with Crippen molar-refractivity contribution in [3.63, 3.8) is 0 Å². The maximum absolute atomic E-state index is 15.5. The Morgan fingerprint density at radius 1 is 0.645 bits per heavy atom. The Kier molecular flexibility index (Phi) is 31.5. The van der Waals surface area contributed by atoms with Crippen molar-refractivity contribution in [2.75, 3.05) is 23.4 Å². The number of carboxylic acid groups (broad SMARTS) is 3. The maximum Gasteiger partial charge on any atom is 0.342 e. The molecule has 0 saturated heterocycles. The van der Waals surface area contributed by atoms with Crippen molar-refractivity contribution in [1.29, 1.82) is 0 Å². The zero-order valence-electron chi connectivity index (χ0n) is 61.2. The van der Waals surface area contributed by atoms with Gasteiger partial charge in [0, 0.05) is 55.3 Å². The molecule has 1 aliphatic heterocycles. The topological polar surface area (TPSA) is 275 Å². The Morgan fingerprint density at radius 3 is 1.49 bits per heavy atom. The van der Waals surface area contributed by atoms with E-state index in [1.165, 1.54) is 11.8 Å². The molecule has 2 amide bonds. The first-order valence-electron chi connectivity index (χ1n) is 33.4. The zero-order valence-corrected chi connectivity index (χ0v) is 65.8. The van der Waals surface area contributed by atoms with E-state index in [0.717, 1.165) is 37.4 Å². The standard InChI is InChI=1S/C66H106N4O12S2.C6H12O2.Zn/c1-23-66(21,22)61(79)80-26-24-27-83-39(8)57(74)70-56-52(60(78)82-54-42(64(15,16)17)31-38(7)32-43(54)65(18,19)20)50(36(4)5)45(68-56)33-44-49(35(2)3)51(55(67-44)69-47(71)25-28-84-46(58(75)76)34-48(72)73)59(77)81-53-40(62(9,10)11)29-37(6)30-41(53)63(12,13)14;1-4-6(2,3)5(7)8;/h33,35-43,46,53-54H,23-32,34H2,1-22H3,(H5,67,68,69,70,71,72,73,74,75,76,77,78);4H2,1-3H3,(H,7,8);/p-1. The fraction of sp³-hybridized carbons (Fsp3) is 0.764. The van der Waals surface area contributed by atoms with Gasteiger partial charge in [-0.1, -0.05) is 138 Å². The van der Waals surface area contributed by atoms with Crippen molar-refractivity contribution in [2.24, 2.45) is 78.9 Å². The van der Waals surface area contributed by atoms with E-state index in [-0.39, 0.29) is 124 Å². The van der Waals surface area contributed by atoms with Crippen LogP contribution >= 0.6 is 23.5 Å². The first kappa shape index (κ1) is 84.6. The van der Waals surface area contributed by atoms with E-state index in [2.05, 4.69) is 108 Å². The van der Waals surface area contributed by atoms with Crippen LogP contribution in [0.4, 0.5) is 5.82 Å². The summed E-state index contributed by atoms with van der Waals surface area (Å²) in [6.45, 7) is 51.2. The molecule has 1 aromatic rings. The van der Waals surface area contributed by atoms with E-state index in [0.29, 0.717) is 53.7 Å². The van der Waals surface area contributed by atoms with E-state index < -0.39 is 87.5 Å². The number of thioether (sulfide) groups is 2. The van der Waals surface area contributed by atoms with Crippen LogP contribution in [0.2, 0.25) is 0 Å². The van der Waals surface area contributed by atoms with Crippen LogP contribution in [0.5, 0.6) is 0 Å². The summed E-state index contributed by atoms with van der Waals surface area (Å²) >= 11 is 2.22. The molecule has 4 rings (SSSR count). The van der Waals surface area contributed by atoms with Gasteiger partial charge in [0.05, 0.1) is 40.4 Å². The van der Waals surface area contributed by atoms with Crippen LogP contribution in [0.15, 0.2) is 21.8 Å². The summed E-state index contributed by atoms with van der Waals surface area (Å²) in [6, 6.07) is 0. The molecule has 2 aliphatic carbocycles. The molecule has 2 saturated carbocycles. The molecule has 5 N–H and O–H groups in total. The summed E-state index contributed by atoms with van der Waals surface area (Å²) < 4.78 is 19.3. The number of aliphatic carboxylic acids is 3. The molecular weight excluding hydrogens is 1270 g/mol. The number of anilines is 1. The van der Waals surface area contributed by atoms with Crippen molar-refractivity contribution in [2.45, 2.75) is 260 Å². The van der Waals surface area contributed by atoms with Gasteiger partial charge in [-0.2, -0.15) is 0 Å². The van der Waals surface area contributed by atoms with Gasteiger partial charge in [-0.3, -0.25) is 28.8 Å². The number of hydrogen-bond donors (Lipinski definition) is 5. The van der Waals surface area contributed by atoms with Crippen LogP contribution < -0.4 is 15.6 Å². The number of amidine groups is 1. The quantitative estimate of drug-likeness (QED) is 0.0263. The van der Waals surface area contributed by atoms with Gasteiger partial charge in [-0.25, -0.2) is 14.6 Å². The molecule has 21 heteroatoms. The number of amides is 2. The van der Waals surface area contributed by atoms with Crippen LogP contribution in [0.3, 0.4) is 0 Å². The predicted molar refractivity (Wildman–Crippen MR) is 370 cm³/mol. The first-order valence-corrected chi connectivity index (χ1v) is 35.5. The summed E-state index contributed by atoms with van der Waals surface area (Å²) in [6.07, 6.45) is 5.12. The Morgan fingerprint density at radius 2 is 1.11 bits per heavy atom. The minimum Gasteiger partial charge on any atom is -0.481 e. The summed E-state index contributed by atoms with van der Waals surface area (Å²) in [5, 5.41) is 31.5. The number of nitrogens with zero attached hydrogens (tertiary/aromatic N) is 2. The van der Waals surface area contributed by atoms with E-state index in [1.807, 2.05) is 55.4 Å². The number of esters is 3. The third-order valence-corrected chi connectivity index (χ3v) is 21.4. The normalized spacial score (nSPS) is 22.6. The van der Waals surface area contributed by atoms with E-state index >= 15 is 9.59 Å². The number of rotatable bonds is 25. The number of aliphatic imine (C=N–C) groups is 1. The molecule has 0 aromatic carbocycles. The first-order chi connectivity index (χ1) is 42.0. The molecule has 0 radical (unpaired) electrons. The number of allylic oxidation sites excluding steroid dienone is 1. The van der Waals surface area contributed by atoms with Crippen molar-refractivity contribution in [3.05, 3.63) is 33.7 Å². The average molecular weight is 1390 g/mol. The van der Waals surface area contributed by atoms with Gasteiger partial charge in [0.2, 0.25) is 5.91 Å². The molecule has 93 heavy (non-hydrogen) atoms. The third-order valence-electron chi connectivity index (χ3n) is 19.0. The van der Waals surface area contributed by atoms with Gasteiger partial charge in [0.25, 0.3) is 0 Å². The molecule has 0 bridgehead atoms. The zero-order chi connectivity index (χ0) is 70.7. The van der Waals surface area contributed by atoms with Crippen LogP contribution in [0, 0.1) is 73.9 Å². The maximum atomic E-state index is 15.5. The van der Waals surface area contributed by atoms with E-state index in [9.17, 15) is 39.0 Å². The number of carboxylic acids is 3. The van der Waals surface area contributed by atoms with Gasteiger partial charge < -0.3 is 45.1 Å². The van der Waals surface area contributed by atoms with Crippen LogP contribution in [0.1, 0.15) is 258 Å². The minimum absolute atomic E-state index is 0. The molecule has 0 spiro atoms. The monoisotopic (exact) mass is 1390 g/mol. The number of ether oxygens (including phenoxy) is 3. The molecule has 524 valence electrons. The molecule has 2 fully saturated rings. The number of carbonyl (C=O) groups is 8. The summed E-state index contributed by atoms with van der Waals surface area (Å²) in [4.78, 5) is 116. The summed E-state index contributed by atoms with van der Waals surface area (Å²) in [5.74, 6) is -5.42. The van der Waals surface area contributed by atoms with Gasteiger partial charge >= 0.3 is 35.8 Å². The van der Waals surface area contributed by atoms with Crippen molar-refractivity contribution < 1.29 is 87.4 Å². The summed E-state index contributed by atoms with van der Waals surface area (Å²) in [7, 11) is 0. The predicted octanol–water partition coefficient (Wildman–Crippen LogP) is 15.5. The Labute approximate surface area is 578 Å². The number of nitrogens with one attached hydrogen (secondary N) is 2. The molecule has 18 nitrogen and oxygen atoms in total. The van der Waals surface area contributed by atoms with Gasteiger partial charge in [0.15, 0.2) is 0 Å². The largest absolute Gasteiger partial charge is 0.481 e. The third kappa shape index (κ3) is 23.9. The van der Waals surface area contributed by atoms with E-state index in [4.69, 9.17) is 29.3 Å². The van der Waals surface area contributed by atoms with Crippen molar-refractivity contribution >= 4 is 88.9 Å². The Balaban J connectivity index is 0.00000305. The average Bonchev–Trinajstić information content (AvgIpc) is 1.75. The van der Waals surface area contributed by atoms with Gasteiger partial charge in [-0.05, 0) is 159 Å². The molecule has 6 atom stereocenters. The van der Waals surface area contributed by atoms with Crippen molar-refractivity contribution in [3.8, 4) is 0 Å².